The van der Waals surface area contributed by atoms with Crippen LogP contribution in [0.3, 0.4) is 0 Å². The second kappa shape index (κ2) is 6.76. The molecule has 0 saturated heterocycles. The fourth-order valence-corrected chi connectivity index (χ4v) is 2.60. The number of amides is 3. The summed E-state index contributed by atoms with van der Waals surface area (Å²) in [6.07, 6.45) is 0. The fraction of sp³-hybridized carbons (Fsp3) is 0.375. The number of rotatable bonds is 4. The van der Waals surface area contributed by atoms with Gasteiger partial charge in [-0.15, -0.1) is 0 Å². The number of halogens is 2. The lowest BCUT2D eigenvalue weighted by Crippen LogP contribution is -2.47. The largest absolute Gasteiger partial charge is 0.339 e. The van der Waals surface area contributed by atoms with Crippen LogP contribution in [0.5, 0.6) is 0 Å². The number of nitrogens with one attached hydrogen (secondary N) is 2. The normalized spacial score (nSPS) is 17.6. The number of carbonyl (C=O) groups excluding carboxylic acids is 2. The number of nitrogens with zero attached hydrogens (tertiary/aromatic N) is 1. The lowest BCUT2D eigenvalue weighted by atomic mass is 9.94. The SMILES string of the molecule is CCN(CC)C(=O)C1=C(C)NC(=O)N[C@H]1c1ccc(F)c(F)c1. The van der Waals surface area contributed by atoms with Crippen LogP contribution in [-0.4, -0.2) is 29.9 Å². The molecule has 2 N–H and O–H groups in total. The maximum absolute atomic E-state index is 13.5. The van der Waals surface area contributed by atoms with E-state index in [1.165, 1.54) is 6.07 Å². The van der Waals surface area contributed by atoms with Crippen LogP contribution in [-0.2, 0) is 4.79 Å². The fourth-order valence-electron chi connectivity index (χ4n) is 2.60. The summed E-state index contributed by atoms with van der Waals surface area (Å²) in [6, 6.07) is 2.01. The number of carbonyl (C=O) groups is 2. The zero-order valence-corrected chi connectivity index (χ0v) is 13.2. The molecule has 0 aliphatic carbocycles. The molecule has 1 heterocycles. The van der Waals surface area contributed by atoms with Crippen molar-refractivity contribution in [3.05, 3.63) is 46.7 Å². The van der Waals surface area contributed by atoms with E-state index >= 15 is 0 Å². The Hall–Kier alpha value is -2.44. The third kappa shape index (κ3) is 3.33. The van der Waals surface area contributed by atoms with E-state index in [2.05, 4.69) is 10.6 Å². The van der Waals surface area contributed by atoms with Crippen molar-refractivity contribution < 1.29 is 18.4 Å². The van der Waals surface area contributed by atoms with Crippen molar-refractivity contribution in [1.82, 2.24) is 15.5 Å². The van der Waals surface area contributed by atoms with Gasteiger partial charge in [0.2, 0.25) is 0 Å². The number of urea groups is 1. The molecule has 3 amide bonds. The Morgan fingerprint density at radius 2 is 1.87 bits per heavy atom. The third-order valence-electron chi connectivity index (χ3n) is 3.83. The number of hydrogen-bond donors (Lipinski definition) is 2. The predicted octanol–water partition coefficient (Wildman–Crippen LogP) is 2.46. The van der Waals surface area contributed by atoms with Crippen LogP contribution in [0.4, 0.5) is 13.6 Å². The Balaban J connectivity index is 2.49. The second-order valence-corrected chi connectivity index (χ2v) is 5.22. The average molecular weight is 323 g/mol. The summed E-state index contributed by atoms with van der Waals surface area (Å²) in [5, 5.41) is 5.15. The Kier molecular flexibility index (Phi) is 4.98. The van der Waals surface area contributed by atoms with Crippen LogP contribution in [0.15, 0.2) is 29.5 Å². The highest BCUT2D eigenvalue weighted by Crippen LogP contribution is 2.29. The van der Waals surface area contributed by atoms with E-state index in [4.69, 9.17) is 0 Å². The van der Waals surface area contributed by atoms with Crippen LogP contribution < -0.4 is 10.6 Å². The lowest BCUT2D eigenvalue weighted by molar-refractivity contribution is -0.127. The van der Waals surface area contributed by atoms with Crippen molar-refractivity contribution in [3.8, 4) is 0 Å². The van der Waals surface area contributed by atoms with Gasteiger partial charge in [-0.3, -0.25) is 4.79 Å². The highest BCUT2D eigenvalue weighted by Gasteiger charge is 2.33. The number of hydrogen-bond acceptors (Lipinski definition) is 2. The molecule has 0 bridgehead atoms. The van der Waals surface area contributed by atoms with E-state index in [-0.39, 0.29) is 5.91 Å². The van der Waals surface area contributed by atoms with Gasteiger partial charge in [0, 0.05) is 18.8 Å². The minimum absolute atomic E-state index is 0.255. The lowest BCUT2D eigenvalue weighted by Gasteiger charge is -2.31. The van der Waals surface area contributed by atoms with Crippen molar-refractivity contribution in [1.29, 1.82) is 0 Å². The molecule has 1 aliphatic rings. The molecule has 2 rings (SSSR count). The number of benzene rings is 1. The van der Waals surface area contributed by atoms with Crippen LogP contribution in [0, 0.1) is 11.6 Å². The Labute approximate surface area is 133 Å². The zero-order valence-electron chi connectivity index (χ0n) is 13.2. The standard InChI is InChI=1S/C16H19F2N3O2/c1-4-21(5-2)15(22)13-9(3)19-16(23)20-14(13)10-6-7-11(17)12(18)8-10/h6-8,14H,4-5H2,1-3H3,(H2,19,20,23)/t14-/m0/s1. The molecular formula is C16H19F2N3O2. The molecule has 5 nitrogen and oxygen atoms in total. The van der Waals surface area contributed by atoms with Gasteiger partial charge in [0.1, 0.15) is 0 Å². The Morgan fingerprint density at radius 3 is 2.43 bits per heavy atom. The van der Waals surface area contributed by atoms with Gasteiger partial charge in [0.15, 0.2) is 11.6 Å². The quantitative estimate of drug-likeness (QED) is 0.894. The highest BCUT2D eigenvalue weighted by atomic mass is 19.2. The number of allylic oxidation sites excluding steroid dienone is 1. The summed E-state index contributed by atoms with van der Waals surface area (Å²) in [5.74, 6) is -2.26. The van der Waals surface area contributed by atoms with Gasteiger partial charge >= 0.3 is 6.03 Å². The molecule has 23 heavy (non-hydrogen) atoms. The van der Waals surface area contributed by atoms with Gasteiger partial charge < -0.3 is 15.5 Å². The van der Waals surface area contributed by atoms with Crippen LogP contribution in [0.2, 0.25) is 0 Å². The minimum Gasteiger partial charge on any atom is -0.339 e. The number of likely N-dealkylation sites (N-methyl/N-ethyl adjacent to an activating group) is 1. The van der Waals surface area contributed by atoms with Gasteiger partial charge in [0.25, 0.3) is 5.91 Å². The van der Waals surface area contributed by atoms with E-state index in [1.807, 2.05) is 13.8 Å². The first-order valence-electron chi connectivity index (χ1n) is 7.41. The monoisotopic (exact) mass is 323 g/mol. The van der Waals surface area contributed by atoms with Crippen LogP contribution in [0.1, 0.15) is 32.4 Å². The topological polar surface area (TPSA) is 61.4 Å². The maximum Gasteiger partial charge on any atom is 0.319 e. The maximum atomic E-state index is 13.5. The summed E-state index contributed by atoms with van der Waals surface area (Å²) < 4.78 is 26.7. The zero-order chi connectivity index (χ0) is 17.1. The van der Waals surface area contributed by atoms with Gasteiger partial charge in [0.05, 0.1) is 11.6 Å². The molecule has 0 fully saturated rings. The second-order valence-electron chi connectivity index (χ2n) is 5.22. The summed E-state index contributed by atoms with van der Waals surface area (Å²) in [6.45, 7) is 6.31. The summed E-state index contributed by atoms with van der Waals surface area (Å²) >= 11 is 0. The molecule has 124 valence electrons. The molecule has 1 atom stereocenters. The average Bonchev–Trinajstić information content (AvgIpc) is 2.50. The van der Waals surface area contributed by atoms with Crippen molar-refractivity contribution in [2.24, 2.45) is 0 Å². The van der Waals surface area contributed by atoms with E-state index in [1.54, 1.807) is 11.8 Å². The first-order valence-corrected chi connectivity index (χ1v) is 7.41. The first kappa shape index (κ1) is 16.9. The smallest absolute Gasteiger partial charge is 0.319 e. The third-order valence-corrected chi connectivity index (χ3v) is 3.83. The Bertz CT molecular complexity index is 669. The highest BCUT2D eigenvalue weighted by molar-refractivity contribution is 5.98. The van der Waals surface area contributed by atoms with Crippen molar-refractivity contribution in [2.75, 3.05) is 13.1 Å². The molecule has 0 aromatic heterocycles. The summed E-state index contributed by atoms with van der Waals surface area (Å²) in [5.41, 5.74) is 1.04. The van der Waals surface area contributed by atoms with E-state index < -0.39 is 23.7 Å². The van der Waals surface area contributed by atoms with Gasteiger partial charge in [-0.25, -0.2) is 13.6 Å². The first-order chi connectivity index (χ1) is 10.9. The predicted molar refractivity (Wildman–Crippen MR) is 81.4 cm³/mol. The minimum atomic E-state index is -1.03. The van der Waals surface area contributed by atoms with Gasteiger partial charge in [-0.2, -0.15) is 0 Å². The van der Waals surface area contributed by atoms with E-state index in [0.717, 1.165) is 12.1 Å². The molecule has 0 saturated carbocycles. The van der Waals surface area contributed by atoms with E-state index in [9.17, 15) is 18.4 Å². The van der Waals surface area contributed by atoms with Crippen molar-refractivity contribution in [3.63, 3.8) is 0 Å². The van der Waals surface area contributed by atoms with Crippen LogP contribution in [0.25, 0.3) is 0 Å². The molecule has 0 unspecified atom stereocenters. The van der Waals surface area contributed by atoms with Crippen molar-refractivity contribution in [2.45, 2.75) is 26.8 Å². The summed E-state index contributed by atoms with van der Waals surface area (Å²) in [4.78, 5) is 26.1. The Morgan fingerprint density at radius 1 is 1.22 bits per heavy atom. The molecule has 1 aliphatic heterocycles. The summed E-state index contributed by atoms with van der Waals surface area (Å²) in [7, 11) is 0. The molecule has 1 aromatic carbocycles. The van der Waals surface area contributed by atoms with Crippen molar-refractivity contribution >= 4 is 11.9 Å². The van der Waals surface area contributed by atoms with Gasteiger partial charge in [-0.05, 0) is 38.5 Å². The molecule has 7 heteroatoms. The van der Waals surface area contributed by atoms with Gasteiger partial charge in [-0.1, -0.05) is 6.07 Å². The molecule has 1 aromatic rings. The molecule has 0 radical (unpaired) electrons. The molecule has 0 spiro atoms. The molecular weight excluding hydrogens is 304 g/mol. The van der Waals surface area contributed by atoms with E-state index in [0.29, 0.717) is 29.9 Å². The van der Waals surface area contributed by atoms with Crippen LogP contribution >= 0.6 is 0 Å².